The van der Waals surface area contributed by atoms with Gasteiger partial charge in [0.15, 0.2) is 0 Å². The minimum absolute atomic E-state index is 0.137. The highest BCUT2D eigenvalue weighted by Gasteiger charge is 2.58. The lowest BCUT2D eigenvalue weighted by Gasteiger charge is -2.54. The largest absolute Gasteiger partial charge is 0.471 e. The van der Waals surface area contributed by atoms with Gasteiger partial charge in [0.1, 0.15) is 0 Å². The van der Waals surface area contributed by atoms with Crippen LogP contribution in [-0.2, 0) is 14.3 Å². The van der Waals surface area contributed by atoms with Crippen LogP contribution in [0.3, 0.4) is 0 Å². The number of allylic oxidation sites excluding steroid dienone is 1. The van der Waals surface area contributed by atoms with Crippen LogP contribution in [-0.4, -0.2) is 64.1 Å². The van der Waals surface area contributed by atoms with Crippen molar-refractivity contribution in [2.24, 2.45) is 11.8 Å². The van der Waals surface area contributed by atoms with Gasteiger partial charge in [0.05, 0.1) is 12.7 Å². The zero-order valence-corrected chi connectivity index (χ0v) is 22.5. The van der Waals surface area contributed by atoms with E-state index in [2.05, 4.69) is 0 Å². The van der Waals surface area contributed by atoms with E-state index in [1.54, 1.807) is 26.0 Å². The number of rotatable bonds is 10. The molecule has 1 amide bonds. The molecule has 10 heteroatoms. The highest BCUT2D eigenvalue weighted by Crippen LogP contribution is 2.52. The molecule has 1 saturated heterocycles. The van der Waals surface area contributed by atoms with Gasteiger partial charge in [0.25, 0.3) is 0 Å². The first-order chi connectivity index (χ1) is 17.4. The van der Waals surface area contributed by atoms with Crippen molar-refractivity contribution in [3.63, 3.8) is 0 Å². The lowest BCUT2D eigenvalue weighted by atomic mass is 9.70. The standard InChI is InChI=1S/C27H39ClF3NO5/c1-4-37-24(35)19(3)9-11-21-7-5-14-26(32(21)25(36)27(29,30)31)15-6-8-23(26)18(2)10-12-22(34)17-20(28)13-16-33/h9-10,12,17-18,21-23,33-34H,4-8,11,13-16H2,1-3H3/b12-10+,19-9+,20-17-/t18-,21+,22+,23+,26+/m0/s1. The Morgan fingerprint density at radius 2 is 1.86 bits per heavy atom. The summed E-state index contributed by atoms with van der Waals surface area (Å²) in [4.78, 5) is 26.0. The Bertz CT molecular complexity index is 888. The quantitative estimate of drug-likeness (QED) is 0.216. The van der Waals surface area contributed by atoms with Gasteiger partial charge < -0.3 is 19.8 Å². The Morgan fingerprint density at radius 3 is 2.46 bits per heavy atom. The van der Waals surface area contributed by atoms with Gasteiger partial charge in [-0.15, -0.1) is 0 Å². The van der Waals surface area contributed by atoms with Crippen molar-refractivity contribution in [1.82, 2.24) is 4.90 Å². The van der Waals surface area contributed by atoms with Gasteiger partial charge in [-0.1, -0.05) is 43.2 Å². The van der Waals surface area contributed by atoms with Gasteiger partial charge in [0.2, 0.25) is 0 Å². The Morgan fingerprint density at radius 1 is 1.22 bits per heavy atom. The van der Waals surface area contributed by atoms with Crippen molar-refractivity contribution < 1.29 is 37.7 Å². The minimum atomic E-state index is -5.01. The third kappa shape index (κ3) is 8.07. The highest BCUT2D eigenvalue weighted by molar-refractivity contribution is 6.29. The maximum absolute atomic E-state index is 13.9. The number of likely N-dealkylation sites (tertiary alicyclic amines) is 1. The molecule has 2 N–H and O–H groups in total. The van der Waals surface area contributed by atoms with E-state index < -0.39 is 35.7 Å². The number of hydrogen-bond acceptors (Lipinski definition) is 5. The maximum atomic E-state index is 13.9. The highest BCUT2D eigenvalue weighted by atomic mass is 35.5. The van der Waals surface area contributed by atoms with Gasteiger partial charge in [0, 0.05) is 35.2 Å². The van der Waals surface area contributed by atoms with Crippen LogP contribution >= 0.6 is 11.6 Å². The fraction of sp³-hybridized carbons (Fsp3) is 0.704. The number of aliphatic hydroxyl groups is 2. The van der Waals surface area contributed by atoms with E-state index in [1.807, 2.05) is 6.92 Å². The maximum Gasteiger partial charge on any atom is 0.471 e. The Labute approximate surface area is 222 Å². The number of alkyl halides is 3. The van der Waals surface area contributed by atoms with E-state index in [0.717, 1.165) is 4.90 Å². The number of nitrogens with zero attached hydrogens (tertiary/aromatic N) is 1. The molecular formula is C27H39ClF3NO5. The van der Waals surface area contributed by atoms with Crippen LogP contribution in [0.2, 0.25) is 0 Å². The number of esters is 1. The Kier molecular flexibility index (Phi) is 11.7. The van der Waals surface area contributed by atoms with Crippen LogP contribution in [0.4, 0.5) is 13.2 Å². The summed E-state index contributed by atoms with van der Waals surface area (Å²) < 4.78 is 46.6. The van der Waals surface area contributed by atoms with Crippen LogP contribution in [0.1, 0.15) is 72.1 Å². The summed E-state index contributed by atoms with van der Waals surface area (Å²) in [6.07, 6.45) is 4.02. The van der Waals surface area contributed by atoms with Crippen molar-refractivity contribution in [3.8, 4) is 0 Å². The summed E-state index contributed by atoms with van der Waals surface area (Å²) in [7, 11) is 0. The van der Waals surface area contributed by atoms with Crippen molar-refractivity contribution in [2.45, 2.75) is 96.0 Å². The number of carbonyl (C=O) groups excluding carboxylic acids is 2. The van der Waals surface area contributed by atoms with Crippen LogP contribution < -0.4 is 0 Å². The average Bonchev–Trinajstić information content (AvgIpc) is 3.23. The molecular weight excluding hydrogens is 511 g/mol. The number of hydrogen-bond donors (Lipinski definition) is 2. The zero-order chi connectivity index (χ0) is 27.8. The van der Waals surface area contributed by atoms with Crippen LogP contribution in [0.25, 0.3) is 0 Å². The van der Waals surface area contributed by atoms with Gasteiger partial charge in [-0.2, -0.15) is 13.2 Å². The van der Waals surface area contributed by atoms with Crippen molar-refractivity contribution >= 4 is 23.5 Å². The molecule has 5 atom stereocenters. The molecule has 0 radical (unpaired) electrons. The second-order valence-corrected chi connectivity index (χ2v) is 10.5. The van der Waals surface area contributed by atoms with E-state index >= 15 is 0 Å². The molecule has 1 heterocycles. The molecule has 2 aliphatic rings. The molecule has 1 aliphatic heterocycles. The average molecular weight is 550 g/mol. The molecule has 1 spiro atoms. The second-order valence-electron chi connectivity index (χ2n) is 9.99. The molecule has 0 unspecified atom stereocenters. The molecule has 0 bridgehead atoms. The van der Waals surface area contributed by atoms with Crippen LogP contribution in [0.15, 0.2) is 34.9 Å². The first kappa shape index (κ1) is 31.4. The Hall–Kier alpha value is -1.84. The molecule has 1 saturated carbocycles. The molecule has 2 fully saturated rings. The summed E-state index contributed by atoms with van der Waals surface area (Å²) in [5.74, 6) is -2.79. The molecule has 210 valence electrons. The van der Waals surface area contributed by atoms with E-state index in [9.17, 15) is 27.9 Å². The first-order valence-electron chi connectivity index (χ1n) is 12.9. The summed E-state index contributed by atoms with van der Waals surface area (Å²) in [5, 5.41) is 19.5. The normalized spacial score (nSPS) is 27.1. The van der Waals surface area contributed by atoms with E-state index in [-0.39, 0.29) is 37.9 Å². The number of piperidine rings is 1. The molecule has 6 nitrogen and oxygen atoms in total. The Balaban J connectivity index is 2.36. The second kappa shape index (κ2) is 13.8. The predicted molar refractivity (Wildman–Crippen MR) is 136 cm³/mol. The van der Waals surface area contributed by atoms with Gasteiger partial charge >= 0.3 is 18.1 Å². The third-order valence-corrected chi connectivity index (χ3v) is 7.83. The van der Waals surface area contributed by atoms with Gasteiger partial charge in [-0.3, -0.25) is 4.79 Å². The van der Waals surface area contributed by atoms with Crippen molar-refractivity contribution in [2.75, 3.05) is 13.2 Å². The molecule has 37 heavy (non-hydrogen) atoms. The number of carbonyl (C=O) groups is 2. The smallest absolute Gasteiger partial charge is 0.463 e. The molecule has 1 aliphatic carbocycles. The topological polar surface area (TPSA) is 87.1 Å². The van der Waals surface area contributed by atoms with E-state index in [0.29, 0.717) is 49.1 Å². The number of ether oxygens (including phenoxy) is 1. The molecule has 0 aromatic heterocycles. The third-order valence-electron chi connectivity index (χ3n) is 7.51. The summed E-state index contributed by atoms with van der Waals surface area (Å²) in [6, 6.07) is -0.685. The molecule has 0 aromatic rings. The first-order valence-corrected chi connectivity index (χ1v) is 13.3. The van der Waals surface area contributed by atoms with E-state index in [1.165, 1.54) is 12.2 Å². The summed E-state index contributed by atoms with van der Waals surface area (Å²) >= 11 is 5.96. The number of halogens is 4. The van der Waals surface area contributed by atoms with Crippen LogP contribution in [0.5, 0.6) is 0 Å². The minimum Gasteiger partial charge on any atom is -0.463 e. The van der Waals surface area contributed by atoms with Gasteiger partial charge in [-0.05, 0) is 70.3 Å². The fourth-order valence-corrected chi connectivity index (χ4v) is 6.14. The zero-order valence-electron chi connectivity index (χ0n) is 21.8. The SMILES string of the molecule is CCOC(=O)/C(C)=C/C[C@H]1CCC[C@]2(CCC[C@@H]2[C@@H](C)/C=C/[C@@H](O)/C=C(\Cl)CCO)N1C(=O)C(F)(F)F. The fourth-order valence-electron chi connectivity index (χ4n) is 5.92. The monoisotopic (exact) mass is 549 g/mol. The number of aliphatic hydroxyl groups excluding tert-OH is 2. The predicted octanol–water partition coefficient (Wildman–Crippen LogP) is 5.43. The number of amides is 1. The summed E-state index contributed by atoms with van der Waals surface area (Å²) in [5.41, 5.74) is -0.651. The van der Waals surface area contributed by atoms with Gasteiger partial charge in [-0.25, -0.2) is 4.79 Å². The molecule has 0 aromatic carbocycles. The molecule has 2 rings (SSSR count). The van der Waals surface area contributed by atoms with Crippen molar-refractivity contribution in [3.05, 3.63) is 34.9 Å². The van der Waals surface area contributed by atoms with E-state index in [4.69, 9.17) is 21.4 Å². The lowest BCUT2D eigenvalue weighted by molar-refractivity contribution is -0.201. The van der Waals surface area contributed by atoms with Crippen molar-refractivity contribution in [1.29, 1.82) is 0 Å². The summed E-state index contributed by atoms with van der Waals surface area (Å²) in [6.45, 7) is 5.18. The van der Waals surface area contributed by atoms with Crippen LogP contribution in [0, 0.1) is 11.8 Å². The lowest BCUT2D eigenvalue weighted by Crippen LogP contribution is -2.64.